The molecule has 2 aromatic rings. The Hall–Kier alpha value is -2.08. The zero-order valence-electron chi connectivity index (χ0n) is 11.6. The van der Waals surface area contributed by atoms with Gasteiger partial charge in [-0.25, -0.2) is 4.98 Å². The van der Waals surface area contributed by atoms with Crippen molar-refractivity contribution in [3.63, 3.8) is 0 Å². The van der Waals surface area contributed by atoms with E-state index in [0.29, 0.717) is 4.99 Å². The summed E-state index contributed by atoms with van der Waals surface area (Å²) in [6, 6.07) is 5.61. The number of nitrogens with zero attached hydrogens (tertiary/aromatic N) is 2. The minimum absolute atomic E-state index is 0.368. The summed E-state index contributed by atoms with van der Waals surface area (Å²) in [7, 11) is 3.61. The van der Waals surface area contributed by atoms with Gasteiger partial charge in [-0.05, 0) is 12.1 Å². The minimum atomic E-state index is 0.368. The molecule has 1 heterocycles. The summed E-state index contributed by atoms with van der Waals surface area (Å²) in [5.41, 5.74) is 7.43. The van der Waals surface area contributed by atoms with Crippen LogP contribution in [0, 0.1) is 0 Å². The molecule has 6 heteroatoms. The predicted octanol–water partition coefficient (Wildman–Crippen LogP) is 1.72. The fourth-order valence-electron chi connectivity index (χ4n) is 1.96. The van der Waals surface area contributed by atoms with E-state index in [1.54, 1.807) is 13.3 Å². The van der Waals surface area contributed by atoms with Crippen LogP contribution in [0.25, 0.3) is 0 Å². The first-order valence-corrected chi connectivity index (χ1v) is 6.70. The molecule has 5 nitrogen and oxygen atoms in total. The van der Waals surface area contributed by atoms with Crippen molar-refractivity contribution in [1.82, 2.24) is 9.55 Å². The van der Waals surface area contributed by atoms with Crippen molar-refractivity contribution in [1.29, 1.82) is 0 Å². The Labute approximate surface area is 123 Å². The lowest BCUT2D eigenvalue weighted by molar-refractivity contribution is 0.415. The molecule has 0 radical (unpaired) electrons. The van der Waals surface area contributed by atoms with Crippen LogP contribution in [-0.4, -0.2) is 28.2 Å². The second kappa shape index (κ2) is 6.38. The summed E-state index contributed by atoms with van der Waals surface area (Å²) in [6.07, 6.45) is 4.54. The van der Waals surface area contributed by atoms with E-state index in [-0.39, 0.29) is 0 Å². The van der Waals surface area contributed by atoms with Crippen LogP contribution in [0.15, 0.2) is 30.6 Å². The van der Waals surface area contributed by atoms with Gasteiger partial charge in [0.25, 0.3) is 0 Å². The first kappa shape index (κ1) is 14.3. The van der Waals surface area contributed by atoms with Crippen LogP contribution in [0.5, 0.6) is 5.75 Å². The van der Waals surface area contributed by atoms with Crippen LogP contribution in [0.3, 0.4) is 0 Å². The maximum atomic E-state index is 5.73. The number of anilines is 1. The molecule has 1 aromatic heterocycles. The SMILES string of the molecule is COc1ccc(C(N)=S)c(NCCc2nccn2C)c1. The van der Waals surface area contributed by atoms with Gasteiger partial charge >= 0.3 is 0 Å². The molecule has 0 bridgehead atoms. The number of aromatic nitrogens is 2. The molecule has 0 unspecified atom stereocenters. The normalized spacial score (nSPS) is 10.3. The number of methoxy groups -OCH3 is 1. The first-order valence-electron chi connectivity index (χ1n) is 6.29. The number of hydrogen-bond acceptors (Lipinski definition) is 4. The van der Waals surface area contributed by atoms with Crippen LogP contribution >= 0.6 is 12.2 Å². The van der Waals surface area contributed by atoms with E-state index >= 15 is 0 Å². The molecule has 0 aliphatic rings. The monoisotopic (exact) mass is 290 g/mol. The number of aryl methyl sites for hydroxylation is 1. The van der Waals surface area contributed by atoms with Crippen LogP contribution in [0.2, 0.25) is 0 Å². The molecule has 0 aliphatic heterocycles. The molecule has 106 valence electrons. The van der Waals surface area contributed by atoms with Gasteiger partial charge in [-0.3, -0.25) is 0 Å². The zero-order chi connectivity index (χ0) is 14.5. The Morgan fingerprint density at radius 1 is 1.50 bits per heavy atom. The molecule has 0 spiro atoms. The van der Waals surface area contributed by atoms with Gasteiger partial charge in [-0.2, -0.15) is 0 Å². The lowest BCUT2D eigenvalue weighted by atomic mass is 10.1. The van der Waals surface area contributed by atoms with Crippen molar-refractivity contribution in [3.8, 4) is 5.75 Å². The fraction of sp³-hybridized carbons (Fsp3) is 0.286. The maximum Gasteiger partial charge on any atom is 0.120 e. The summed E-state index contributed by atoms with van der Waals surface area (Å²) >= 11 is 5.06. The largest absolute Gasteiger partial charge is 0.497 e. The first-order chi connectivity index (χ1) is 9.61. The summed E-state index contributed by atoms with van der Waals surface area (Å²) in [6.45, 7) is 0.744. The van der Waals surface area contributed by atoms with E-state index in [4.69, 9.17) is 22.7 Å². The molecular formula is C14H18N4OS. The summed E-state index contributed by atoms with van der Waals surface area (Å²) in [4.78, 5) is 4.65. The van der Waals surface area contributed by atoms with Gasteiger partial charge in [0.1, 0.15) is 16.6 Å². The predicted molar refractivity (Wildman–Crippen MR) is 84.3 cm³/mol. The van der Waals surface area contributed by atoms with Crippen LogP contribution < -0.4 is 15.8 Å². The summed E-state index contributed by atoms with van der Waals surface area (Å²) in [5.74, 6) is 1.79. The van der Waals surface area contributed by atoms with E-state index in [1.165, 1.54) is 0 Å². The molecular weight excluding hydrogens is 272 g/mol. The Morgan fingerprint density at radius 2 is 2.30 bits per heavy atom. The third-order valence-electron chi connectivity index (χ3n) is 3.08. The number of rotatable bonds is 6. The highest BCUT2D eigenvalue weighted by atomic mass is 32.1. The molecule has 0 saturated carbocycles. The van der Waals surface area contributed by atoms with Crippen LogP contribution in [-0.2, 0) is 13.5 Å². The molecule has 1 aromatic carbocycles. The van der Waals surface area contributed by atoms with Gasteiger partial charge < -0.3 is 20.4 Å². The fourth-order valence-corrected chi connectivity index (χ4v) is 2.14. The van der Waals surface area contributed by atoms with Gasteiger partial charge in [0.15, 0.2) is 0 Å². The van der Waals surface area contributed by atoms with Gasteiger partial charge in [-0.15, -0.1) is 0 Å². The highest BCUT2D eigenvalue weighted by molar-refractivity contribution is 7.80. The highest BCUT2D eigenvalue weighted by Crippen LogP contribution is 2.22. The number of thiocarbonyl (C=S) groups is 1. The second-order valence-corrected chi connectivity index (χ2v) is 4.85. The number of nitrogens with one attached hydrogen (secondary N) is 1. The third kappa shape index (κ3) is 3.27. The standard InChI is InChI=1S/C14H18N4OS/c1-18-8-7-17-13(18)5-6-16-12-9-10(19-2)3-4-11(12)14(15)20/h3-4,7-9,16H,5-6H2,1-2H3,(H2,15,20). The summed E-state index contributed by atoms with van der Waals surface area (Å²) < 4.78 is 7.22. The zero-order valence-corrected chi connectivity index (χ0v) is 12.4. The number of hydrogen-bond donors (Lipinski definition) is 2. The minimum Gasteiger partial charge on any atom is -0.497 e. The van der Waals surface area contributed by atoms with Gasteiger partial charge in [0, 0.05) is 49.7 Å². The maximum absolute atomic E-state index is 5.73. The molecule has 3 N–H and O–H groups in total. The summed E-state index contributed by atoms with van der Waals surface area (Å²) in [5, 5.41) is 3.33. The molecule has 0 saturated heterocycles. The Morgan fingerprint density at radius 3 is 2.90 bits per heavy atom. The molecule has 2 rings (SSSR count). The van der Waals surface area contributed by atoms with Gasteiger partial charge in [0.2, 0.25) is 0 Å². The van der Waals surface area contributed by atoms with Crippen molar-refractivity contribution in [2.75, 3.05) is 19.0 Å². The molecule has 0 atom stereocenters. The smallest absolute Gasteiger partial charge is 0.120 e. The van der Waals surface area contributed by atoms with Crippen molar-refractivity contribution in [2.24, 2.45) is 12.8 Å². The quantitative estimate of drug-likeness (QED) is 0.793. The lowest BCUT2D eigenvalue weighted by Gasteiger charge is -2.12. The van der Waals surface area contributed by atoms with Crippen LogP contribution in [0.4, 0.5) is 5.69 Å². The number of imidazole rings is 1. The van der Waals surface area contributed by atoms with Gasteiger partial charge in [0.05, 0.1) is 7.11 Å². The van der Waals surface area contributed by atoms with E-state index in [0.717, 1.165) is 35.8 Å². The number of nitrogens with two attached hydrogens (primary N) is 1. The number of ether oxygens (including phenoxy) is 1. The number of benzene rings is 1. The molecule has 20 heavy (non-hydrogen) atoms. The Balaban J connectivity index is 2.07. The van der Waals surface area contributed by atoms with Crippen LogP contribution in [0.1, 0.15) is 11.4 Å². The van der Waals surface area contributed by atoms with E-state index < -0.39 is 0 Å². The third-order valence-corrected chi connectivity index (χ3v) is 3.30. The topological polar surface area (TPSA) is 65.1 Å². The van der Waals surface area contributed by atoms with E-state index in [2.05, 4.69) is 10.3 Å². The molecule has 0 fully saturated rings. The van der Waals surface area contributed by atoms with Crippen molar-refractivity contribution < 1.29 is 4.74 Å². The van der Waals surface area contributed by atoms with E-state index in [9.17, 15) is 0 Å². The van der Waals surface area contributed by atoms with Crippen molar-refractivity contribution >= 4 is 22.9 Å². The average Bonchev–Trinajstić information content (AvgIpc) is 2.84. The van der Waals surface area contributed by atoms with E-state index in [1.807, 2.05) is 36.0 Å². The van der Waals surface area contributed by atoms with Crippen molar-refractivity contribution in [2.45, 2.75) is 6.42 Å². The molecule has 0 aliphatic carbocycles. The Bertz CT molecular complexity index is 609. The highest BCUT2D eigenvalue weighted by Gasteiger charge is 2.07. The van der Waals surface area contributed by atoms with Gasteiger partial charge in [-0.1, -0.05) is 12.2 Å². The lowest BCUT2D eigenvalue weighted by Crippen LogP contribution is -2.15. The molecule has 0 amide bonds. The average molecular weight is 290 g/mol. The Kier molecular flexibility index (Phi) is 4.57. The second-order valence-electron chi connectivity index (χ2n) is 4.41. The van der Waals surface area contributed by atoms with Crippen molar-refractivity contribution in [3.05, 3.63) is 42.0 Å².